The van der Waals surface area contributed by atoms with E-state index in [1.165, 1.54) is 10.4 Å². The number of hydrogen-bond donors (Lipinski definition) is 1. The van der Waals surface area contributed by atoms with Crippen LogP contribution in [0.4, 0.5) is 8.78 Å². The summed E-state index contributed by atoms with van der Waals surface area (Å²) in [6.45, 7) is 4.18. The molecule has 21 heavy (non-hydrogen) atoms. The van der Waals surface area contributed by atoms with E-state index in [1.807, 2.05) is 0 Å². The average molecular weight is 318 g/mol. The Morgan fingerprint density at radius 2 is 2.00 bits per heavy atom. The zero-order chi connectivity index (χ0) is 15.8. The first-order chi connectivity index (χ1) is 9.70. The highest BCUT2D eigenvalue weighted by molar-refractivity contribution is 7.89. The van der Waals surface area contributed by atoms with Gasteiger partial charge in [0.2, 0.25) is 10.0 Å². The van der Waals surface area contributed by atoms with Gasteiger partial charge in [-0.1, -0.05) is 0 Å². The van der Waals surface area contributed by atoms with Crippen molar-refractivity contribution in [1.82, 2.24) is 9.62 Å². The van der Waals surface area contributed by atoms with Crippen LogP contribution in [0, 0.1) is 11.6 Å². The summed E-state index contributed by atoms with van der Waals surface area (Å²) in [5.41, 5.74) is -0.187. The Kier molecular flexibility index (Phi) is 4.37. The standard InChI is InChI=1S/C14H20F2N2O2S/c1-14(2)5-4-6-18(14)21(19,20)12-8-10(9-17-3)7-11(15)13(12)16/h7-8,17H,4-6,9H2,1-3H3. The van der Waals surface area contributed by atoms with Gasteiger partial charge < -0.3 is 5.32 Å². The molecule has 0 atom stereocenters. The zero-order valence-corrected chi connectivity index (χ0v) is 13.2. The Morgan fingerprint density at radius 1 is 1.33 bits per heavy atom. The third kappa shape index (κ3) is 2.95. The molecule has 1 aliphatic rings. The molecule has 1 N–H and O–H groups in total. The predicted molar refractivity (Wildman–Crippen MR) is 76.3 cm³/mol. The predicted octanol–water partition coefficient (Wildman–Crippen LogP) is 2.25. The normalized spacial score (nSPS) is 19.1. The minimum atomic E-state index is -4.05. The number of nitrogens with zero attached hydrogens (tertiary/aromatic N) is 1. The van der Waals surface area contributed by atoms with Crippen molar-refractivity contribution in [3.63, 3.8) is 0 Å². The Hall–Kier alpha value is -1.05. The molecule has 1 heterocycles. The molecule has 1 aliphatic heterocycles. The Bertz CT molecular complexity index is 645. The van der Waals surface area contributed by atoms with E-state index in [4.69, 9.17) is 0 Å². The van der Waals surface area contributed by atoms with Crippen molar-refractivity contribution in [2.75, 3.05) is 13.6 Å². The minimum Gasteiger partial charge on any atom is -0.316 e. The molecule has 0 saturated carbocycles. The molecule has 0 spiro atoms. The van der Waals surface area contributed by atoms with Crippen molar-refractivity contribution in [3.8, 4) is 0 Å². The number of sulfonamides is 1. The SMILES string of the molecule is CNCc1cc(F)c(F)c(S(=O)(=O)N2CCCC2(C)C)c1. The maximum Gasteiger partial charge on any atom is 0.246 e. The molecule has 0 radical (unpaired) electrons. The Labute approximate surface area is 124 Å². The van der Waals surface area contributed by atoms with E-state index < -0.39 is 32.1 Å². The maximum atomic E-state index is 14.0. The van der Waals surface area contributed by atoms with Gasteiger partial charge in [-0.15, -0.1) is 0 Å². The summed E-state index contributed by atoms with van der Waals surface area (Å²) in [5, 5.41) is 2.80. The fourth-order valence-corrected chi connectivity index (χ4v) is 4.73. The lowest BCUT2D eigenvalue weighted by Gasteiger charge is -2.30. The molecule has 0 amide bonds. The zero-order valence-electron chi connectivity index (χ0n) is 12.4. The number of halogens is 2. The van der Waals surface area contributed by atoms with Crippen LogP contribution in [0.15, 0.2) is 17.0 Å². The van der Waals surface area contributed by atoms with Crippen LogP contribution in [0.25, 0.3) is 0 Å². The van der Waals surface area contributed by atoms with Crippen molar-refractivity contribution < 1.29 is 17.2 Å². The fourth-order valence-electron chi connectivity index (χ4n) is 2.76. The largest absolute Gasteiger partial charge is 0.316 e. The van der Waals surface area contributed by atoms with Gasteiger partial charge in [-0.2, -0.15) is 4.31 Å². The van der Waals surface area contributed by atoms with Gasteiger partial charge in [0, 0.05) is 18.6 Å². The van der Waals surface area contributed by atoms with Gasteiger partial charge >= 0.3 is 0 Å². The van der Waals surface area contributed by atoms with Crippen molar-refractivity contribution in [2.24, 2.45) is 0 Å². The summed E-state index contributed by atoms with van der Waals surface area (Å²) in [6.07, 6.45) is 1.42. The van der Waals surface area contributed by atoms with Crippen LogP contribution in [-0.2, 0) is 16.6 Å². The number of hydrogen-bond acceptors (Lipinski definition) is 3. The van der Waals surface area contributed by atoms with Crippen molar-refractivity contribution in [1.29, 1.82) is 0 Å². The highest BCUT2D eigenvalue weighted by Crippen LogP contribution is 2.35. The molecule has 0 unspecified atom stereocenters. The van der Waals surface area contributed by atoms with Crippen LogP contribution in [-0.4, -0.2) is 31.9 Å². The van der Waals surface area contributed by atoms with Crippen LogP contribution in [0.1, 0.15) is 32.3 Å². The molecule has 7 heteroatoms. The van der Waals surface area contributed by atoms with Crippen LogP contribution in [0.5, 0.6) is 0 Å². The second-order valence-electron chi connectivity index (χ2n) is 5.91. The minimum absolute atomic E-state index is 0.267. The van der Waals surface area contributed by atoms with E-state index in [9.17, 15) is 17.2 Å². The number of nitrogens with one attached hydrogen (secondary N) is 1. The third-order valence-corrected chi connectivity index (χ3v) is 5.94. The van der Waals surface area contributed by atoms with Crippen LogP contribution >= 0.6 is 0 Å². The van der Waals surface area contributed by atoms with Crippen LogP contribution in [0.2, 0.25) is 0 Å². The summed E-state index contributed by atoms with van der Waals surface area (Å²) >= 11 is 0. The lowest BCUT2D eigenvalue weighted by molar-refractivity contribution is 0.290. The van der Waals surface area contributed by atoms with Crippen molar-refractivity contribution >= 4 is 10.0 Å². The second-order valence-corrected chi connectivity index (χ2v) is 7.74. The van der Waals surface area contributed by atoms with Crippen molar-refractivity contribution in [2.45, 2.75) is 43.7 Å². The molecule has 1 fully saturated rings. The molecule has 118 valence electrons. The maximum absolute atomic E-state index is 14.0. The first-order valence-electron chi connectivity index (χ1n) is 6.85. The first kappa shape index (κ1) is 16.3. The van der Waals surface area contributed by atoms with E-state index in [0.29, 0.717) is 24.9 Å². The summed E-state index contributed by atoms with van der Waals surface area (Å²) < 4.78 is 54.3. The third-order valence-electron chi connectivity index (χ3n) is 3.83. The summed E-state index contributed by atoms with van der Waals surface area (Å²) in [4.78, 5) is -0.581. The summed E-state index contributed by atoms with van der Waals surface area (Å²) in [7, 11) is -2.40. The second kappa shape index (κ2) is 5.62. The van der Waals surface area contributed by atoms with Gasteiger partial charge in [-0.25, -0.2) is 17.2 Å². The molecule has 1 aromatic rings. The molecule has 1 aromatic carbocycles. The number of rotatable bonds is 4. The van der Waals surface area contributed by atoms with Gasteiger partial charge in [-0.05, 0) is 51.4 Å². The van der Waals surface area contributed by atoms with Gasteiger partial charge in [0.15, 0.2) is 11.6 Å². The average Bonchev–Trinajstić information content (AvgIpc) is 2.74. The summed E-state index contributed by atoms with van der Waals surface area (Å²) in [6, 6.07) is 2.22. The smallest absolute Gasteiger partial charge is 0.246 e. The van der Waals surface area contributed by atoms with E-state index in [1.54, 1.807) is 20.9 Å². The lowest BCUT2D eigenvalue weighted by Crippen LogP contribution is -2.42. The first-order valence-corrected chi connectivity index (χ1v) is 8.29. The van der Waals surface area contributed by atoms with E-state index in [2.05, 4.69) is 5.32 Å². The van der Waals surface area contributed by atoms with Gasteiger partial charge in [0.25, 0.3) is 0 Å². The van der Waals surface area contributed by atoms with E-state index >= 15 is 0 Å². The monoisotopic (exact) mass is 318 g/mol. The highest BCUT2D eigenvalue weighted by Gasteiger charge is 2.42. The van der Waals surface area contributed by atoms with Gasteiger partial charge in [0.1, 0.15) is 4.90 Å². The van der Waals surface area contributed by atoms with E-state index in [-0.39, 0.29) is 6.54 Å². The Balaban J connectivity index is 2.54. The molecule has 0 aromatic heterocycles. The fraction of sp³-hybridized carbons (Fsp3) is 0.571. The topological polar surface area (TPSA) is 49.4 Å². The molecular formula is C14H20F2N2O2S. The lowest BCUT2D eigenvalue weighted by atomic mass is 10.0. The molecule has 4 nitrogen and oxygen atoms in total. The summed E-state index contributed by atoms with van der Waals surface area (Å²) in [5.74, 6) is -2.45. The molecule has 0 aliphatic carbocycles. The molecule has 1 saturated heterocycles. The van der Waals surface area contributed by atoms with Crippen LogP contribution in [0.3, 0.4) is 0 Å². The quantitative estimate of drug-likeness (QED) is 0.926. The van der Waals surface area contributed by atoms with Crippen LogP contribution < -0.4 is 5.32 Å². The van der Waals surface area contributed by atoms with E-state index in [0.717, 1.165) is 6.07 Å². The highest BCUT2D eigenvalue weighted by atomic mass is 32.2. The van der Waals surface area contributed by atoms with Gasteiger partial charge in [0.05, 0.1) is 0 Å². The molecular weight excluding hydrogens is 298 g/mol. The van der Waals surface area contributed by atoms with Crippen molar-refractivity contribution in [3.05, 3.63) is 29.3 Å². The molecule has 0 bridgehead atoms. The van der Waals surface area contributed by atoms with Gasteiger partial charge in [-0.3, -0.25) is 0 Å². The Morgan fingerprint density at radius 3 is 2.52 bits per heavy atom. The number of benzene rings is 1. The molecule has 2 rings (SSSR count).